The van der Waals surface area contributed by atoms with E-state index < -0.39 is 38.0 Å². The molecule has 0 aliphatic rings. The Morgan fingerprint density at radius 3 is 2.52 bits per heavy atom. The molecule has 0 amide bonds. The monoisotopic (exact) mass is 393 g/mol. The van der Waals surface area contributed by atoms with Crippen LogP contribution in [0.1, 0.15) is 5.56 Å². The van der Waals surface area contributed by atoms with Gasteiger partial charge in [0.05, 0.1) is 21.3 Å². The van der Waals surface area contributed by atoms with Gasteiger partial charge in [-0.1, -0.05) is 6.07 Å². The molecule has 13 heteroatoms. The first-order chi connectivity index (χ1) is 12.6. The fourth-order valence-electron chi connectivity index (χ4n) is 2.46. The Hall–Kier alpha value is -3.74. The summed E-state index contributed by atoms with van der Waals surface area (Å²) < 4.78 is 26.9. The number of rotatable bonds is 4. The van der Waals surface area contributed by atoms with Crippen LogP contribution in [0.3, 0.4) is 0 Å². The van der Waals surface area contributed by atoms with Gasteiger partial charge in [-0.3, -0.25) is 20.1 Å². The smallest absolute Gasteiger partial charge is 0.352 e. The Morgan fingerprint density at radius 2 is 1.89 bits per heavy atom. The molecular formula is C14H11N5O7S. The summed E-state index contributed by atoms with van der Waals surface area (Å²) in [6, 6.07) is 4.44. The number of hydrogen-bond donors (Lipinski definition) is 4. The van der Waals surface area contributed by atoms with Crippen molar-refractivity contribution in [2.24, 2.45) is 0 Å². The number of aromatic hydroxyl groups is 1. The largest absolute Gasteiger partial charge is 0.507 e. The molecule has 27 heavy (non-hydrogen) atoms. The number of aromatic amines is 2. The maximum Gasteiger partial charge on any atom is 0.352 e. The number of phenolic OH excluding ortho intramolecular Hbond substituents is 1. The van der Waals surface area contributed by atoms with Crippen LogP contribution in [0.25, 0.3) is 10.8 Å². The van der Waals surface area contributed by atoms with Crippen molar-refractivity contribution >= 4 is 32.4 Å². The SMILES string of the molecule is Cc1c(O)cc([N+](=O)[O-])c2cc(S(=O)(=O)Nc3nc(=O)[nH]c(=O)[nH]3)ccc12. The number of fused-ring (bicyclic) bond motifs is 1. The number of benzene rings is 2. The van der Waals surface area contributed by atoms with E-state index in [2.05, 4.69) is 4.98 Å². The van der Waals surface area contributed by atoms with Crippen LogP contribution in [0.15, 0.2) is 38.8 Å². The van der Waals surface area contributed by atoms with Gasteiger partial charge in [0.1, 0.15) is 5.75 Å². The minimum atomic E-state index is -4.32. The third-order valence-electron chi connectivity index (χ3n) is 3.73. The van der Waals surface area contributed by atoms with Crippen molar-refractivity contribution < 1.29 is 18.4 Å². The zero-order chi connectivity index (χ0) is 19.9. The van der Waals surface area contributed by atoms with Crippen molar-refractivity contribution in [1.29, 1.82) is 0 Å². The Labute approximate surface area is 149 Å². The van der Waals surface area contributed by atoms with Crippen LogP contribution in [-0.4, -0.2) is 33.4 Å². The highest BCUT2D eigenvalue weighted by molar-refractivity contribution is 7.92. The Bertz CT molecular complexity index is 1280. The maximum atomic E-state index is 12.5. The lowest BCUT2D eigenvalue weighted by Gasteiger charge is -2.10. The molecular weight excluding hydrogens is 382 g/mol. The summed E-state index contributed by atoms with van der Waals surface area (Å²) in [4.78, 5) is 39.6. The first-order valence-corrected chi connectivity index (χ1v) is 8.71. The quantitative estimate of drug-likeness (QED) is 0.360. The summed E-state index contributed by atoms with van der Waals surface area (Å²) in [5.74, 6) is -0.909. The Kier molecular flexibility index (Phi) is 4.15. The van der Waals surface area contributed by atoms with Gasteiger partial charge in [0.15, 0.2) is 0 Å². The zero-order valence-electron chi connectivity index (χ0n) is 13.5. The number of non-ortho nitro benzene ring substituents is 1. The van der Waals surface area contributed by atoms with Gasteiger partial charge in [-0.05, 0) is 30.0 Å². The van der Waals surface area contributed by atoms with Crippen LogP contribution in [0.4, 0.5) is 11.6 Å². The molecule has 140 valence electrons. The number of aromatic nitrogens is 3. The molecule has 1 heterocycles. The van der Waals surface area contributed by atoms with E-state index in [0.717, 1.165) is 18.2 Å². The number of nitro groups is 1. The number of H-pyrrole nitrogens is 2. The fourth-order valence-corrected chi connectivity index (χ4v) is 3.45. The second-order valence-electron chi connectivity index (χ2n) is 5.45. The molecule has 12 nitrogen and oxygen atoms in total. The minimum Gasteiger partial charge on any atom is -0.507 e. The van der Waals surface area contributed by atoms with E-state index in [9.17, 15) is 33.2 Å². The molecule has 0 aliphatic heterocycles. The van der Waals surface area contributed by atoms with Gasteiger partial charge in [-0.25, -0.2) is 22.7 Å². The first-order valence-electron chi connectivity index (χ1n) is 7.22. The molecule has 0 saturated heterocycles. The van der Waals surface area contributed by atoms with Crippen LogP contribution >= 0.6 is 0 Å². The number of anilines is 1. The number of hydrogen-bond acceptors (Lipinski definition) is 8. The first kappa shape index (κ1) is 18.1. The van der Waals surface area contributed by atoms with E-state index in [1.165, 1.54) is 13.0 Å². The van der Waals surface area contributed by atoms with Crippen LogP contribution in [0.2, 0.25) is 0 Å². The molecule has 4 N–H and O–H groups in total. The molecule has 0 unspecified atom stereocenters. The summed E-state index contributed by atoms with van der Waals surface area (Å²) in [6.45, 7) is 1.53. The molecule has 3 aromatic rings. The van der Waals surface area contributed by atoms with E-state index in [4.69, 9.17) is 0 Å². The molecule has 0 saturated carbocycles. The number of nitrogens with zero attached hydrogens (tertiary/aromatic N) is 2. The van der Waals surface area contributed by atoms with Gasteiger partial charge in [0.2, 0.25) is 5.95 Å². The molecule has 2 aromatic carbocycles. The molecule has 3 rings (SSSR count). The average Bonchev–Trinajstić information content (AvgIpc) is 2.56. The van der Waals surface area contributed by atoms with E-state index in [1.54, 1.807) is 4.98 Å². The van der Waals surface area contributed by atoms with Crippen LogP contribution in [0, 0.1) is 17.0 Å². The van der Waals surface area contributed by atoms with Crippen LogP contribution < -0.4 is 16.1 Å². The van der Waals surface area contributed by atoms with Crippen molar-refractivity contribution in [3.63, 3.8) is 0 Å². The highest BCUT2D eigenvalue weighted by Gasteiger charge is 2.22. The highest BCUT2D eigenvalue weighted by atomic mass is 32.2. The van der Waals surface area contributed by atoms with E-state index in [1.807, 2.05) is 9.71 Å². The van der Waals surface area contributed by atoms with Gasteiger partial charge < -0.3 is 5.11 Å². The van der Waals surface area contributed by atoms with Crippen molar-refractivity contribution in [1.82, 2.24) is 15.0 Å². The lowest BCUT2D eigenvalue weighted by molar-refractivity contribution is -0.383. The maximum absolute atomic E-state index is 12.5. The van der Waals surface area contributed by atoms with Crippen molar-refractivity contribution in [3.05, 3.63) is 60.9 Å². The predicted molar refractivity (Wildman–Crippen MR) is 93.3 cm³/mol. The molecule has 0 radical (unpaired) electrons. The number of phenols is 1. The van der Waals surface area contributed by atoms with Gasteiger partial charge in [0.25, 0.3) is 15.7 Å². The molecule has 0 bridgehead atoms. The van der Waals surface area contributed by atoms with Gasteiger partial charge in [0, 0.05) is 0 Å². The third kappa shape index (κ3) is 3.35. The lowest BCUT2D eigenvalue weighted by atomic mass is 10.0. The normalized spacial score (nSPS) is 11.4. The van der Waals surface area contributed by atoms with Crippen LogP contribution in [0.5, 0.6) is 5.75 Å². The standard InChI is InChI=1S/C14H11N5O7S/c1-6-8-3-2-7(4-9(8)10(19(23)24)5-11(6)20)27(25,26)18-12-15-13(21)17-14(22)16-12/h2-5,20H,1H3,(H3,15,16,17,18,21,22). The van der Waals surface area contributed by atoms with E-state index in [-0.39, 0.29) is 16.0 Å². The second-order valence-corrected chi connectivity index (χ2v) is 7.14. The minimum absolute atomic E-state index is 0.00876. The van der Waals surface area contributed by atoms with Crippen molar-refractivity contribution in [2.45, 2.75) is 11.8 Å². The second kappa shape index (κ2) is 6.21. The highest BCUT2D eigenvalue weighted by Crippen LogP contribution is 2.35. The summed E-state index contributed by atoms with van der Waals surface area (Å²) in [5.41, 5.74) is -2.16. The summed E-state index contributed by atoms with van der Waals surface area (Å²) in [5, 5.41) is 21.3. The van der Waals surface area contributed by atoms with Crippen molar-refractivity contribution in [3.8, 4) is 5.75 Å². The number of nitro benzene ring substituents is 1. The summed E-state index contributed by atoms with van der Waals surface area (Å²) in [6.07, 6.45) is 0. The molecule has 0 fully saturated rings. The Balaban J connectivity index is 2.17. The average molecular weight is 393 g/mol. The molecule has 1 aromatic heterocycles. The fraction of sp³-hybridized carbons (Fsp3) is 0.0714. The van der Waals surface area contributed by atoms with Gasteiger partial charge in [-0.15, -0.1) is 0 Å². The molecule has 0 aliphatic carbocycles. The predicted octanol–water partition coefficient (Wildman–Crippen LogP) is 0.334. The van der Waals surface area contributed by atoms with Gasteiger partial charge >= 0.3 is 11.4 Å². The van der Waals surface area contributed by atoms with Gasteiger partial charge in [-0.2, -0.15) is 4.98 Å². The van der Waals surface area contributed by atoms with E-state index in [0.29, 0.717) is 10.9 Å². The summed E-state index contributed by atoms with van der Waals surface area (Å²) >= 11 is 0. The number of aryl methyl sites for hydroxylation is 1. The van der Waals surface area contributed by atoms with Crippen LogP contribution in [-0.2, 0) is 10.0 Å². The van der Waals surface area contributed by atoms with E-state index >= 15 is 0 Å². The topological polar surface area (TPSA) is 188 Å². The van der Waals surface area contributed by atoms with Crippen molar-refractivity contribution in [2.75, 3.05) is 4.72 Å². The number of nitrogens with one attached hydrogen (secondary N) is 3. The lowest BCUT2D eigenvalue weighted by Crippen LogP contribution is -2.28. The third-order valence-corrected chi connectivity index (χ3v) is 5.07. The number of sulfonamides is 1. The Morgan fingerprint density at radius 1 is 1.19 bits per heavy atom. The molecule has 0 spiro atoms. The zero-order valence-corrected chi connectivity index (χ0v) is 14.3. The summed E-state index contributed by atoms with van der Waals surface area (Å²) in [7, 11) is -4.32. The molecule has 0 atom stereocenters.